The van der Waals surface area contributed by atoms with Crippen LogP contribution in [-0.4, -0.2) is 43.4 Å². The number of methoxy groups -OCH3 is 1. The molecule has 0 fully saturated rings. The molecule has 1 aromatic heterocycles. The van der Waals surface area contributed by atoms with E-state index in [1.54, 1.807) is 32.4 Å². The highest BCUT2D eigenvalue weighted by atomic mass is 16.5. The van der Waals surface area contributed by atoms with Gasteiger partial charge in [-0.1, -0.05) is 0 Å². The quantitative estimate of drug-likeness (QED) is 0.600. The van der Waals surface area contributed by atoms with Crippen molar-refractivity contribution >= 4 is 5.91 Å². The number of hydrogen-bond acceptors (Lipinski definition) is 5. The van der Waals surface area contributed by atoms with E-state index in [4.69, 9.17) is 9.15 Å². The summed E-state index contributed by atoms with van der Waals surface area (Å²) in [5, 5.41) is 15.3. The molecular weight excluding hydrogens is 248 g/mol. The van der Waals surface area contributed by atoms with Crippen molar-refractivity contribution in [1.82, 2.24) is 10.6 Å². The number of carbonyl (C=O) groups excluding carboxylic acids is 1. The Labute approximate surface area is 113 Å². The molecule has 0 radical (unpaired) electrons. The Hall–Kier alpha value is -1.37. The third-order valence-corrected chi connectivity index (χ3v) is 2.70. The van der Waals surface area contributed by atoms with Gasteiger partial charge in [-0.3, -0.25) is 4.79 Å². The maximum absolute atomic E-state index is 11.7. The molecule has 0 bridgehead atoms. The summed E-state index contributed by atoms with van der Waals surface area (Å²) in [7, 11) is 1.54. The van der Waals surface area contributed by atoms with Crippen molar-refractivity contribution in [2.75, 3.05) is 20.3 Å². The molecule has 1 amide bonds. The van der Waals surface area contributed by atoms with E-state index < -0.39 is 6.10 Å². The van der Waals surface area contributed by atoms with Gasteiger partial charge < -0.3 is 24.9 Å². The number of hydrogen-bond donors (Lipinski definition) is 3. The van der Waals surface area contributed by atoms with Gasteiger partial charge in [0.1, 0.15) is 5.76 Å². The number of rotatable bonds is 9. The van der Waals surface area contributed by atoms with E-state index in [1.807, 2.05) is 0 Å². The monoisotopic (exact) mass is 270 g/mol. The fourth-order valence-electron chi connectivity index (χ4n) is 1.58. The van der Waals surface area contributed by atoms with E-state index in [0.717, 1.165) is 5.76 Å². The van der Waals surface area contributed by atoms with Crippen LogP contribution in [0.1, 0.15) is 19.1 Å². The molecule has 1 heterocycles. The smallest absolute Gasteiger partial charge is 0.237 e. The van der Waals surface area contributed by atoms with Crippen LogP contribution in [0, 0.1) is 0 Å². The van der Waals surface area contributed by atoms with Gasteiger partial charge in [0, 0.05) is 7.11 Å². The second-order valence-electron chi connectivity index (χ2n) is 4.37. The van der Waals surface area contributed by atoms with Crippen molar-refractivity contribution in [3.8, 4) is 0 Å². The van der Waals surface area contributed by atoms with Crippen LogP contribution in [0.15, 0.2) is 22.8 Å². The predicted molar refractivity (Wildman–Crippen MR) is 70.5 cm³/mol. The first-order valence-corrected chi connectivity index (χ1v) is 6.34. The summed E-state index contributed by atoms with van der Waals surface area (Å²) in [6.45, 7) is 3.02. The molecule has 2 unspecified atom stereocenters. The van der Waals surface area contributed by atoms with Crippen LogP contribution in [0.5, 0.6) is 0 Å². The first-order chi connectivity index (χ1) is 9.13. The van der Waals surface area contributed by atoms with Crippen molar-refractivity contribution < 1.29 is 19.1 Å². The highest BCUT2D eigenvalue weighted by molar-refractivity contribution is 5.81. The molecule has 2 atom stereocenters. The molecule has 0 aliphatic carbocycles. The minimum absolute atomic E-state index is 0.0994. The van der Waals surface area contributed by atoms with E-state index in [-0.39, 0.29) is 11.9 Å². The standard InChI is InChI=1S/C13H22N2O4/c1-10(14-6-5-11(16)9-18-2)13(17)15-8-12-4-3-7-19-12/h3-4,7,10-11,14,16H,5-6,8-9H2,1-2H3,(H,15,17). The Bertz CT molecular complexity index is 354. The molecule has 1 aromatic rings. The van der Waals surface area contributed by atoms with Crippen LogP contribution < -0.4 is 10.6 Å². The summed E-state index contributed by atoms with van der Waals surface area (Å²) in [6.07, 6.45) is 1.61. The topological polar surface area (TPSA) is 83.7 Å². The number of amides is 1. The third-order valence-electron chi connectivity index (χ3n) is 2.70. The molecule has 0 spiro atoms. The van der Waals surface area contributed by atoms with Gasteiger partial charge in [-0.25, -0.2) is 0 Å². The first-order valence-electron chi connectivity index (χ1n) is 6.34. The number of carbonyl (C=O) groups is 1. The van der Waals surface area contributed by atoms with Gasteiger partial charge >= 0.3 is 0 Å². The van der Waals surface area contributed by atoms with E-state index >= 15 is 0 Å². The minimum Gasteiger partial charge on any atom is -0.467 e. The number of furan rings is 1. The van der Waals surface area contributed by atoms with Crippen molar-refractivity contribution in [2.45, 2.75) is 32.0 Å². The van der Waals surface area contributed by atoms with Crippen LogP contribution in [0.2, 0.25) is 0 Å². The molecule has 0 saturated heterocycles. The Morgan fingerprint density at radius 2 is 2.37 bits per heavy atom. The molecule has 19 heavy (non-hydrogen) atoms. The van der Waals surface area contributed by atoms with Gasteiger partial charge in [-0.15, -0.1) is 0 Å². The fraction of sp³-hybridized carbons (Fsp3) is 0.615. The lowest BCUT2D eigenvalue weighted by Crippen LogP contribution is -2.42. The number of nitrogens with one attached hydrogen (secondary N) is 2. The molecule has 6 nitrogen and oxygen atoms in total. The van der Waals surface area contributed by atoms with Crippen LogP contribution >= 0.6 is 0 Å². The maximum Gasteiger partial charge on any atom is 0.237 e. The summed E-state index contributed by atoms with van der Waals surface area (Å²) < 4.78 is 9.94. The zero-order valence-electron chi connectivity index (χ0n) is 11.4. The normalized spacial score (nSPS) is 14.1. The molecule has 108 valence electrons. The number of ether oxygens (including phenoxy) is 1. The fourth-order valence-corrected chi connectivity index (χ4v) is 1.58. The van der Waals surface area contributed by atoms with E-state index in [1.165, 1.54) is 0 Å². The molecule has 6 heteroatoms. The SMILES string of the molecule is COCC(O)CCNC(C)C(=O)NCc1ccco1. The summed E-state index contributed by atoms with van der Waals surface area (Å²) in [5.41, 5.74) is 0. The van der Waals surface area contributed by atoms with Crippen LogP contribution in [0.3, 0.4) is 0 Å². The number of aliphatic hydroxyl groups is 1. The summed E-state index contributed by atoms with van der Waals surface area (Å²) >= 11 is 0. The summed E-state index contributed by atoms with van der Waals surface area (Å²) in [5.74, 6) is 0.619. The van der Waals surface area contributed by atoms with E-state index in [9.17, 15) is 9.90 Å². The van der Waals surface area contributed by atoms with Gasteiger partial charge in [0.05, 0.1) is 31.6 Å². The van der Waals surface area contributed by atoms with Crippen LogP contribution in [-0.2, 0) is 16.1 Å². The Morgan fingerprint density at radius 3 is 3.00 bits per heavy atom. The van der Waals surface area contributed by atoms with Crippen molar-refractivity contribution in [2.24, 2.45) is 0 Å². The van der Waals surface area contributed by atoms with Gasteiger partial charge in [0.25, 0.3) is 0 Å². The summed E-state index contributed by atoms with van der Waals surface area (Å²) in [4.78, 5) is 11.7. The van der Waals surface area contributed by atoms with E-state index in [2.05, 4.69) is 10.6 Å². The van der Waals surface area contributed by atoms with Gasteiger partial charge in [0.15, 0.2) is 0 Å². The second-order valence-corrected chi connectivity index (χ2v) is 4.37. The Balaban J connectivity index is 2.14. The van der Waals surface area contributed by atoms with Crippen LogP contribution in [0.25, 0.3) is 0 Å². The zero-order valence-corrected chi connectivity index (χ0v) is 11.4. The largest absolute Gasteiger partial charge is 0.467 e. The molecule has 0 aromatic carbocycles. The Kier molecular flexibility index (Phi) is 7.17. The lowest BCUT2D eigenvalue weighted by atomic mass is 10.2. The molecule has 1 rings (SSSR count). The highest BCUT2D eigenvalue weighted by Crippen LogP contribution is 1.99. The van der Waals surface area contributed by atoms with E-state index in [0.29, 0.717) is 26.1 Å². The highest BCUT2D eigenvalue weighted by Gasteiger charge is 2.12. The van der Waals surface area contributed by atoms with Crippen molar-refractivity contribution in [3.05, 3.63) is 24.2 Å². The first kappa shape index (κ1) is 15.7. The molecule has 0 aliphatic heterocycles. The lowest BCUT2D eigenvalue weighted by Gasteiger charge is -2.15. The average Bonchev–Trinajstić information content (AvgIpc) is 2.89. The predicted octanol–water partition coefficient (Wildman–Crippen LogP) is 0.271. The molecule has 3 N–H and O–H groups in total. The molecular formula is C13H22N2O4. The summed E-state index contributed by atoms with van der Waals surface area (Å²) in [6, 6.07) is 3.27. The maximum atomic E-state index is 11.7. The average molecular weight is 270 g/mol. The lowest BCUT2D eigenvalue weighted by molar-refractivity contribution is -0.123. The zero-order chi connectivity index (χ0) is 14.1. The van der Waals surface area contributed by atoms with Gasteiger partial charge in [-0.2, -0.15) is 0 Å². The molecule has 0 saturated carbocycles. The van der Waals surface area contributed by atoms with Crippen LogP contribution in [0.4, 0.5) is 0 Å². The second kappa shape index (κ2) is 8.68. The van der Waals surface area contributed by atoms with Crippen molar-refractivity contribution in [1.29, 1.82) is 0 Å². The van der Waals surface area contributed by atoms with Gasteiger partial charge in [0.2, 0.25) is 5.91 Å². The Morgan fingerprint density at radius 1 is 1.58 bits per heavy atom. The number of aliphatic hydroxyl groups excluding tert-OH is 1. The molecule has 0 aliphatic rings. The third kappa shape index (κ3) is 6.37. The minimum atomic E-state index is -0.504. The van der Waals surface area contributed by atoms with Crippen molar-refractivity contribution in [3.63, 3.8) is 0 Å². The van der Waals surface area contributed by atoms with Gasteiger partial charge in [-0.05, 0) is 32.0 Å².